The van der Waals surface area contributed by atoms with Gasteiger partial charge in [-0.1, -0.05) is 32.6 Å². The number of rotatable bonds is 7. The molecule has 110 valence electrons. The molecule has 1 aromatic heterocycles. The van der Waals surface area contributed by atoms with Crippen LogP contribution in [0.5, 0.6) is 0 Å². The summed E-state index contributed by atoms with van der Waals surface area (Å²) in [7, 11) is 0. The first kappa shape index (κ1) is 14.8. The highest BCUT2D eigenvalue weighted by atomic mass is 16.1. The maximum atomic E-state index is 12.0. The number of hydrogen-bond donors (Lipinski definition) is 2. The number of nitrogens with zero attached hydrogens (tertiary/aromatic N) is 2. The lowest BCUT2D eigenvalue weighted by molar-refractivity contribution is 0.0948. The van der Waals surface area contributed by atoms with Crippen molar-refractivity contribution in [2.45, 2.75) is 57.9 Å². The minimum atomic E-state index is -0.113. The van der Waals surface area contributed by atoms with E-state index in [4.69, 9.17) is 0 Å². The third-order valence-corrected chi connectivity index (χ3v) is 3.67. The molecule has 0 aliphatic heterocycles. The molecule has 1 fully saturated rings. The van der Waals surface area contributed by atoms with Gasteiger partial charge in [0.05, 0.1) is 0 Å². The normalized spacial score (nSPS) is 15.2. The van der Waals surface area contributed by atoms with Gasteiger partial charge in [-0.3, -0.25) is 4.79 Å². The number of unbranched alkanes of at least 4 members (excludes halogenated alkanes) is 2. The Kier molecular flexibility index (Phi) is 5.77. The first-order chi connectivity index (χ1) is 9.79. The average molecular weight is 276 g/mol. The highest BCUT2D eigenvalue weighted by molar-refractivity contribution is 5.92. The monoisotopic (exact) mass is 276 g/mol. The summed E-state index contributed by atoms with van der Waals surface area (Å²) < 4.78 is 0. The molecule has 20 heavy (non-hydrogen) atoms. The molecule has 0 radical (unpaired) electrons. The summed E-state index contributed by atoms with van der Waals surface area (Å²) in [6.45, 7) is 2.86. The Hall–Kier alpha value is -1.65. The van der Waals surface area contributed by atoms with Gasteiger partial charge >= 0.3 is 0 Å². The highest BCUT2D eigenvalue weighted by Gasteiger charge is 2.16. The Morgan fingerprint density at radius 1 is 1.30 bits per heavy atom. The summed E-state index contributed by atoms with van der Waals surface area (Å²) in [4.78, 5) is 20.2. The fourth-order valence-electron chi connectivity index (χ4n) is 2.51. The predicted molar refractivity (Wildman–Crippen MR) is 79.8 cm³/mol. The maximum Gasteiger partial charge on any atom is 0.270 e. The molecule has 0 unspecified atom stereocenters. The predicted octanol–water partition coefficient (Wildman–Crippen LogP) is 2.75. The fraction of sp³-hybridized carbons (Fsp3) is 0.667. The van der Waals surface area contributed by atoms with E-state index in [1.165, 1.54) is 32.0 Å². The van der Waals surface area contributed by atoms with Crippen LogP contribution in [0.3, 0.4) is 0 Å². The molecule has 0 atom stereocenters. The second-order valence-electron chi connectivity index (χ2n) is 5.38. The van der Waals surface area contributed by atoms with Crippen LogP contribution >= 0.6 is 0 Å². The van der Waals surface area contributed by atoms with Gasteiger partial charge in [0.2, 0.25) is 0 Å². The van der Waals surface area contributed by atoms with E-state index in [0.717, 1.165) is 25.1 Å². The van der Waals surface area contributed by atoms with Crippen molar-refractivity contribution in [1.82, 2.24) is 15.3 Å². The summed E-state index contributed by atoms with van der Waals surface area (Å²) in [5.74, 6) is 0.642. The Morgan fingerprint density at radius 3 is 2.85 bits per heavy atom. The van der Waals surface area contributed by atoms with E-state index in [2.05, 4.69) is 27.5 Å². The van der Waals surface area contributed by atoms with Crippen LogP contribution in [0.4, 0.5) is 5.82 Å². The van der Waals surface area contributed by atoms with Crippen LogP contribution < -0.4 is 10.6 Å². The summed E-state index contributed by atoms with van der Waals surface area (Å²) >= 11 is 0. The molecule has 0 aromatic carbocycles. The van der Waals surface area contributed by atoms with Gasteiger partial charge in [0.1, 0.15) is 17.8 Å². The van der Waals surface area contributed by atoms with Gasteiger partial charge in [0.15, 0.2) is 0 Å². The largest absolute Gasteiger partial charge is 0.367 e. The smallest absolute Gasteiger partial charge is 0.270 e. The number of carbonyl (C=O) groups is 1. The molecule has 1 aliphatic carbocycles. The number of carbonyl (C=O) groups excluding carboxylic acids is 1. The summed E-state index contributed by atoms with van der Waals surface area (Å²) in [6, 6.07) is 2.23. The van der Waals surface area contributed by atoms with Crippen molar-refractivity contribution in [2.24, 2.45) is 0 Å². The molecule has 2 N–H and O–H groups in total. The Labute approximate surface area is 120 Å². The number of amides is 1. The summed E-state index contributed by atoms with van der Waals surface area (Å²) in [5.41, 5.74) is 0.442. The van der Waals surface area contributed by atoms with Gasteiger partial charge in [0.25, 0.3) is 5.91 Å². The van der Waals surface area contributed by atoms with Crippen LogP contribution in [-0.2, 0) is 0 Å². The van der Waals surface area contributed by atoms with Crippen LogP contribution in [0.1, 0.15) is 62.4 Å². The van der Waals surface area contributed by atoms with Crippen molar-refractivity contribution in [1.29, 1.82) is 0 Å². The van der Waals surface area contributed by atoms with Crippen molar-refractivity contribution in [3.05, 3.63) is 18.1 Å². The summed E-state index contributed by atoms with van der Waals surface area (Å²) in [5, 5.41) is 6.28. The lowest BCUT2D eigenvalue weighted by atomic mass is 10.2. The van der Waals surface area contributed by atoms with Gasteiger partial charge in [-0.2, -0.15) is 0 Å². The topological polar surface area (TPSA) is 66.9 Å². The number of hydrogen-bond acceptors (Lipinski definition) is 4. The van der Waals surface area contributed by atoms with Crippen molar-refractivity contribution >= 4 is 11.7 Å². The van der Waals surface area contributed by atoms with Crippen LogP contribution in [-0.4, -0.2) is 28.5 Å². The van der Waals surface area contributed by atoms with Crippen molar-refractivity contribution in [2.75, 3.05) is 11.9 Å². The molecule has 1 heterocycles. The molecule has 1 saturated carbocycles. The molecular formula is C15H24N4O. The number of nitrogens with one attached hydrogen (secondary N) is 2. The summed E-state index contributed by atoms with van der Waals surface area (Å²) in [6.07, 6.45) is 9.67. The Bertz CT molecular complexity index is 430. The third-order valence-electron chi connectivity index (χ3n) is 3.67. The molecule has 5 nitrogen and oxygen atoms in total. The molecule has 1 aliphatic rings. The van der Waals surface area contributed by atoms with Crippen LogP contribution in [0.15, 0.2) is 12.4 Å². The van der Waals surface area contributed by atoms with Gasteiger partial charge in [-0.15, -0.1) is 0 Å². The Balaban J connectivity index is 1.86. The number of anilines is 1. The molecule has 0 bridgehead atoms. The zero-order valence-electron chi connectivity index (χ0n) is 12.2. The van der Waals surface area contributed by atoms with E-state index in [1.807, 2.05) is 0 Å². The van der Waals surface area contributed by atoms with Crippen LogP contribution in [0.25, 0.3) is 0 Å². The van der Waals surface area contributed by atoms with Crippen LogP contribution in [0, 0.1) is 0 Å². The first-order valence-corrected chi connectivity index (χ1v) is 7.66. The number of aromatic nitrogens is 2. The van der Waals surface area contributed by atoms with E-state index < -0.39 is 0 Å². The van der Waals surface area contributed by atoms with Crippen LogP contribution in [0.2, 0.25) is 0 Å². The maximum absolute atomic E-state index is 12.0. The second kappa shape index (κ2) is 7.82. The molecule has 0 saturated heterocycles. The van der Waals surface area contributed by atoms with Crippen molar-refractivity contribution in [3.8, 4) is 0 Å². The van der Waals surface area contributed by atoms with Gasteiger partial charge < -0.3 is 10.6 Å². The average Bonchev–Trinajstić information content (AvgIpc) is 2.96. The molecule has 2 rings (SSSR count). The highest BCUT2D eigenvalue weighted by Crippen LogP contribution is 2.21. The first-order valence-electron chi connectivity index (χ1n) is 7.66. The molecular weight excluding hydrogens is 252 g/mol. The van der Waals surface area contributed by atoms with E-state index >= 15 is 0 Å². The minimum absolute atomic E-state index is 0.113. The lowest BCUT2D eigenvalue weighted by Crippen LogP contribution is -2.26. The lowest BCUT2D eigenvalue weighted by Gasteiger charge is -2.12. The molecule has 1 amide bonds. The molecule has 5 heteroatoms. The third kappa shape index (κ3) is 4.47. The van der Waals surface area contributed by atoms with E-state index in [1.54, 1.807) is 6.07 Å². The molecule has 0 spiro atoms. The van der Waals surface area contributed by atoms with Gasteiger partial charge in [0, 0.05) is 18.7 Å². The SMILES string of the molecule is CCCCCNC(=O)c1cc(NC2CCCC2)ncn1. The van der Waals surface area contributed by atoms with E-state index in [9.17, 15) is 4.79 Å². The van der Waals surface area contributed by atoms with Gasteiger partial charge in [-0.25, -0.2) is 9.97 Å². The minimum Gasteiger partial charge on any atom is -0.367 e. The van der Waals surface area contributed by atoms with Crippen molar-refractivity contribution < 1.29 is 4.79 Å². The van der Waals surface area contributed by atoms with E-state index in [-0.39, 0.29) is 5.91 Å². The quantitative estimate of drug-likeness (QED) is 0.751. The van der Waals surface area contributed by atoms with E-state index in [0.29, 0.717) is 18.3 Å². The molecule has 1 aromatic rings. The van der Waals surface area contributed by atoms with Gasteiger partial charge in [-0.05, 0) is 19.3 Å². The zero-order chi connectivity index (χ0) is 14.2. The second-order valence-corrected chi connectivity index (χ2v) is 5.38. The Morgan fingerprint density at radius 2 is 2.10 bits per heavy atom. The standard InChI is InChI=1S/C15H24N4O/c1-2-3-6-9-16-15(20)13-10-14(18-11-17-13)19-12-7-4-5-8-12/h10-12H,2-9H2,1H3,(H,16,20)(H,17,18,19). The fourth-order valence-corrected chi connectivity index (χ4v) is 2.51. The zero-order valence-corrected chi connectivity index (χ0v) is 12.2. The van der Waals surface area contributed by atoms with Crippen molar-refractivity contribution in [3.63, 3.8) is 0 Å².